The molecule has 24 nitrogen and oxygen atoms in total. The molecule has 0 heterocycles. The van der Waals surface area contributed by atoms with Gasteiger partial charge in [0.15, 0.2) is 31.1 Å². The van der Waals surface area contributed by atoms with Crippen LogP contribution in [0, 0.1) is 20.8 Å². The van der Waals surface area contributed by atoms with E-state index in [0.29, 0.717) is 48.9 Å². The third-order valence-electron chi connectivity index (χ3n) is 9.35. The van der Waals surface area contributed by atoms with Gasteiger partial charge in [-0.25, -0.2) is 25.3 Å². The van der Waals surface area contributed by atoms with E-state index in [-0.39, 0.29) is 109 Å². The van der Waals surface area contributed by atoms with Crippen molar-refractivity contribution < 1.29 is 119 Å². The third-order valence-corrected chi connectivity index (χ3v) is 12.6. The Kier molecular flexibility index (Phi) is 40.7. The molecule has 14 N–H and O–H groups in total. The number of hydrogen-bond acceptors (Lipinski definition) is 21. The Balaban J connectivity index is -0.00000113. The van der Waals surface area contributed by atoms with Crippen LogP contribution in [0.3, 0.4) is 0 Å². The predicted octanol–water partition coefficient (Wildman–Crippen LogP) is -0.557. The van der Waals surface area contributed by atoms with Gasteiger partial charge in [-0.15, -0.1) is 10.2 Å². The minimum Gasteiger partial charge on any atom is -0.870 e. The van der Waals surface area contributed by atoms with Gasteiger partial charge in [0.25, 0.3) is 11.8 Å². The quantitative estimate of drug-likeness (QED) is 0.00651. The number of nitrogens with zero attached hydrogens (tertiary/aromatic N) is 4. The zero-order valence-corrected chi connectivity index (χ0v) is 50.1. The normalized spacial score (nSPS) is 11.8. The van der Waals surface area contributed by atoms with Gasteiger partial charge in [0.2, 0.25) is 10.4 Å². The van der Waals surface area contributed by atoms with E-state index >= 15 is 0 Å². The van der Waals surface area contributed by atoms with Crippen LogP contribution in [0.5, 0.6) is 0 Å². The number of unbranched alkanes of at least 4 members (excludes halogenated alkanes) is 2. The van der Waals surface area contributed by atoms with E-state index in [4.69, 9.17) is 34.7 Å². The van der Waals surface area contributed by atoms with E-state index < -0.39 is 41.9 Å². The average Bonchev–Trinajstić information content (AvgIpc) is 3.33. The van der Waals surface area contributed by atoms with Crippen molar-refractivity contribution in [1.29, 1.82) is 0 Å². The summed E-state index contributed by atoms with van der Waals surface area (Å²) in [5.41, 5.74) is 18.9. The van der Waals surface area contributed by atoms with Crippen molar-refractivity contribution in [2.75, 3.05) is 68.0 Å². The summed E-state index contributed by atoms with van der Waals surface area (Å²) in [6, 6.07) is 26.0. The molecule has 4 rings (SSSR count). The molecule has 0 radical (unpaired) electrons. The summed E-state index contributed by atoms with van der Waals surface area (Å²) in [5, 5.41) is 46.8. The number of sulfone groups is 2. The summed E-state index contributed by atoms with van der Waals surface area (Å²) >= 11 is 0. The molecule has 0 bridgehead atoms. The topological polar surface area (TPSA) is 426 Å². The van der Waals surface area contributed by atoms with Gasteiger partial charge in [-0.2, -0.15) is 10.2 Å². The van der Waals surface area contributed by atoms with Crippen molar-refractivity contribution in [2.24, 2.45) is 37.7 Å². The number of carbonyl (C=O) groups is 2. The average molecular weight is 1140 g/mol. The van der Waals surface area contributed by atoms with Gasteiger partial charge >= 0.3 is 59.1 Å². The molecule has 29 heteroatoms. The van der Waals surface area contributed by atoms with Crippen molar-refractivity contribution >= 4 is 64.6 Å². The van der Waals surface area contributed by atoms with Gasteiger partial charge in [0.1, 0.15) is 11.5 Å². The van der Waals surface area contributed by atoms with Gasteiger partial charge < -0.3 is 65.6 Å². The van der Waals surface area contributed by atoms with E-state index in [9.17, 15) is 36.6 Å². The number of benzene rings is 4. The van der Waals surface area contributed by atoms with E-state index in [0.717, 1.165) is 43.6 Å². The van der Waals surface area contributed by atoms with Crippen LogP contribution < -0.4 is 97.6 Å². The monoisotopic (exact) mass is 1140 g/mol. The first-order valence-corrected chi connectivity index (χ1v) is 27.1. The van der Waals surface area contributed by atoms with Gasteiger partial charge in [-0.3, -0.25) is 14.1 Å². The second kappa shape index (κ2) is 40.8. The zero-order valence-electron chi connectivity index (χ0n) is 43.6. The number of azo groups is 2. The molecule has 0 unspecified atom stereocenters. The molecule has 0 aromatic heterocycles. The molecule has 0 saturated heterocycles. The molecular formula is C47H68N11Na2O13S3-. The molecule has 0 saturated carbocycles. The minimum atomic E-state index is -4.92. The van der Waals surface area contributed by atoms with Crippen LogP contribution in [0.1, 0.15) is 44.2 Å². The molecule has 4 aromatic carbocycles. The fourth-order valence-electron chi connectivity index (χ4n) is 5.45. The standard InChI is InChI=1S/C23H32N6O4S.C19H20N3O4S.C5H14N2.2Na.H2O4S.H2O/c1-17-5-3-4-6-21(17)27-23(31)22(18(2)30)29-28-19-7-9-20(10-8-19)34(32,33)16-15-26-14-13-25-12-11-24;1-4-27(25,26)16-11-9-15(10-12-16)21-22-18(14(3)23)19(24)20-17-8-6-5-7-13(17)2;6-4-2-1-3-5-7;;;1-5(2,3)4;/h3-10,25-26,30H,11-16,24H2,1-2H3,(H,27,31);5-12,23H,1,4H2,2-3H3,(H,20,24);1-7H2;;;(H2,1,2,3,4);1H2/q;-1;;2*+1;;/p-2. The van der Waals surface area contributed by atoms with Crippen molar-refractivity contribution in [3.8, 4) is 0 Å². The Morgan fingerprint density at radius 2 is 0.934 bits per heavy atom. The Bertz CT molecular complexity index is 2800. The number of allylic oxidation sites excluding steroid dienone is 2. The number of amides is 2. The Morgan fingerprint density at radius 3 is 1.26 bits per heavy atom. The van der Waals surface area contributed by atoms with Crippen LogP contribution in [-0.4, -0.2) is 119 Å². The van der Waals surface area contributed by atoms with E-state index in [1.807, 2.05) is 38.1 Å². The van der Waals surface area contributed by atoms with Crippen LogP contribution >= 0.6 is 0 Å². The molecular weight excluding hydrogens is 1070 g/mol. The van der Waals surface area contributed by atoms with Crippen LogP contribution in [0.4, 0.5) is 22.7 Å². The Labute approximate surface area is 490 Å². The number of aliphatic hydroxyl groups is 2. The number of anilines is 2. The minimum absolute atomic E-state index is 0. The first-order valence-electron chi connectivity index (χ1n) is 22.4. The van der Waals surface area contributed by atoms with E-state index in [1.165, 1.54) is 68.8 Å². The van der Waals surface area contributed by atoms with Gasteiger partial charge in [-0.1, -0.05) is 48.6 Å². The van der Waals surface area contributed by atoms with Crippen LogP contribution in [-0.2, 0) is 39.7 Å². The van der Waals surface area contributed by atoms with Crippen molar-refractivity contribution in [1.82, 2.24) is 10.6 Å². The van der Waals surface area contributed by atoms with Crippen LogP contribution in [0.15, 0.2) is 150 Å². The van der Waals surface area contributed by atoms with Gasteiger partial charge in [0.05, 0.1) is 26.9 Å². The van der Waals surface area contributed by atoms with Crippen molar-refractivity contribution in [3.05, 3.63) is 138 Å². The fourth-order valence-corrected chi connectivity index (χ4v) is 7.43. The molecule has 76 heavy (non-hydrogen) atoms. The maximum absolute atomic E-state index is 12.5. The van der Waals surface area contributed by atoms with Crippen molar-refractivity contribution in [2.45, 2.75) is 56.7 Å². The van der Waals surface area contributed by atoms with E-state index in [1.54, 1.807) is 24.3 Å². The molecule has 4 aromatic rings. The first-order chi connectivity index (χ1) is 34.4. The molecule has 0 aliphatic rings. The number of aliphatic hydroxyl groups excluding tert-OH is 2. The zero-order chi connectivity index (χ0) is 55.0. The first kappa shape index (κ1) is 75.9. The Morgan fingerprint density at radius 1 is 0.579 bits per heavy atom. The molecule has 0 atom stereocenters. The fraction of sp³-hybridized carbons (Fsp3) is 0.340. The maximum atomic E-state index is 12.5. The molecule has 0 spiro atoms. The third kappa shape index (κ3) is 32.4. The number of nitrogens with one attached hydrogen (secondary N) is 4. The predicted molar refractivity (Wildman–Crippen MR) is 283 cm³/mol. The second-order valence-electron chi connectivity index (χ2n) is 15.3. The molecule has 0 aliphatic heterocycles. The summed E-state index contributed by atoms with van der Waals surface area (Å²) in [5.74, 6) is -2.09. The Hall–Kier alpha value is -4.37. The molecule has 0 fully saturated rings. The number of aryl methyl sites for hydroxylation is 2. The summed E-state index contributed by atoms with van der Waals surface area (Å²) in [6.45, 7) is 14.3. The van der Waals surface area contributed by atoms with Crippen molar-refractivity contribution in [3.63, 3.8) is 0 Å². The summed E-state index contributed by atoms with van der Waals surface area (Å²) in [4.78, 5) is 25.2. The van der Waals surface area contributed by atoms with Gasteiger partial charge in [0, 0.05) is 44.1 Å². The number of carbonyl (C=O) groups excluding carboxylic acids is 2. The van der Waals surface area contributed by atoms with Crippen LogP contribution in [0.25, 0.3) is 0 Å². The van der Waals surface area contributed by atoms with Crippen LogP contribution in [0.2, 0.25) is 0 Å². The molecule has 2 amide bonds. The number of hydrogen-bond donors (Lipinski definition) is 10. The smallest absolute Gasteiger partial charge is 0.870 e. The second-order valence-corrected chi connectivity index (χ2v) is 20.4. The number of para-hydroxylation sites is 2. The summed E-state index contributed by atoms with van der Waals surface area (Å²) in [7, 11) is -11.8. The number of rotatable bonds is 23. The van der Waals surface area contributed by atoms with Gasteiger partial charge in [-0.05, 0) is 125 Å². The maximum Gasteiger partial charge on any atom is 1.00 e. The SMILES string of the molecule is CC(O)=C(N=Nc1ccc(S(=O)(=O)CCNCCNCCN)cc1)C(=O)Nc1ccccc1C.NCCCCCN.O=S(=O)([O-])O.[CH2-]CS(=O)(=O)c1ccc(N=NC(C(=O)Nc2ccccc2C)=C(C)O)cc1.[Na+].[Na+].[OH-]. The molecule has 410 valence electrons. The van der Waals surface area contributed by atoms with E-state index in [2.05, 4.69) is 48.6 Å². The molecule has 0 aliphatic carbocycles. The summed E-state index contributed by atoms with van der Waals surface area (Å²) < 4.78 is 81.3. The number of nitrogens with two attached hydrogens (primary N) is 3. The summed E-state index contributed by atoms with van der Waals surface area (Å²) in [6.07, 6.45) is 3.43. The largest absolute Gasteiger partial charge is 1.00 e.